The van der Waals surface area contributed by atoms with Gasteiger partial charge < -0.3 is 0 Å². The molecule has 3 aromatic carbocycles. The fourth-order valence-corrected chi connectivity index (χ4v) is 7.92. The first kappa shape index (κ1) is 19.7. The van der Waals surface area contributed by atoms with E-state index in [-0.39, 0.29) is 14.5 Å². The van der Waals surface area contributed by atoms with Crippen LogP contribution in [0.15, 0.2) is 97.2 Å². The van der Waals surface area contributed by atoms with Crippen LogP contribution in [0.1, 0.15) is 5.56 Å². The molecule has 162 valence electrons. The number of benzene rings is 3. The van der Waals surface area contributed by atoms with Crippen LogP contribution in [0.3, 0.4) is 0 Å². The van der Waals surface area contributed by atoms with Gasteiger partial charge in [0.2, 0.25) is 0 Å². The molecule has 0 aliphatic heterocycles. The van der Waals surface area contributed by atoms with E-state index < -0.39 is 0 Å². The van der Waals surface area contributed by atoms with Crippen LogP contribution >= 0.6 is 0 Å². The molecular weight excluding hydrogens is 481 g/mol. The molecule has 0 radical (unpaired) electrons. The van der Waals surface area contributed by atoms with Crippen LogP contribution in [0.2, 0.25) is 0 Å². The van der Waals surface area contributed by atoms with Gasteiger partial charge in [0, 0.05) is 0 Å². The van der Waals surface area contributed by atoms with Gasteiger partial charge in [-0.1, -0.05) is 0 Å². The van der Waals surface area contributed by atoms with Crippen molar-refractivity contribution >= 4 is 57.0 Å². The predicted octanol–water partition coefficient (Wildman–Crippen LogP) is 6.34. The molecule has 0 saturated heterocycles. The van der Waals surface area contributed by atoms with Gasteiger partial charge in [0.05, 0.1) is 0 Å². The van der Waals surface area contributed by atoms with Gasteiger partial charge >= 0.3 is 204 Å². The Balaban J connectivity index is 1.65. The number of aromatic nitrogens is 3. The summed E-state index contributed by atoms with van der Waals surface area (Å²) in [6.45, 7) is 2.28. The first-order valence-electron chi connectivity index (χ1n) is 11.5. The summed E-state index contributed by atoms with van der Waals surface area (Å²) >= 11 is 0.275. The van der Waals surface area contributed by atoms with Gasteiger partial charge in [-0.05, 0) is 0 Å². The van der Waals surface area contributed by atoms with Crippen molar-refractivity contribution in [3.8, 4) is 15.8 Å². The van der Waals surface area contributed by atoms with Gasteiger partial charge in [-0.2, -0.15) is 0 Å². The zero-order chi connectivity index (χ0) is 22.8. The van der Waals surface area contributed by atoms with Crippen LogP contribution < -0.4 is 4.57 Å². The average Bonchev–Trinajstić information content (AvgIpc) is 3.40. The van der Waals surface area contributed by atoms with E-state index in [9.17, 15) is 0 Å². The summed E-state index contributed by atoms with van der Waals surface area (Å²) in [7, 11) is 2.20. The van der Waals surface area contributed by atoms with Crippen LogP contribution in [-0.2, 0) is 7.05 Å². The monoisotopic (exact) mass is 504 g/mol. The Bertz CT molecular complexity index is 1840. The Labute approximate surface area is 203 Å². The van der Waals surface area contributed by atoms with E-state index in [0.29, 0.717) is 0 Å². The number of para-hydroxylation sites is 2. The van der Waals surface area contributed by atoms with Gasteiger partial charge in [-0.15, -0.1) is 0 Å². The molecular formula is C30H22N3Se+. The molecule has 7 aromatic rings. The van der Waals surface area contributed by atoms with Crippen molar-refractivity contribution in [3.63, 3.8) is 0 Å². The minimum absolute atomic E-state index is 0.275. The molecule has 0 amide bonds. The Morgan fingerprint density at radius 1 is 0.765 bits per heavy atom. The van der Waals surface area contributed by atoms with E-state index in [4.69, 9.17) is 4.98 Å². The van der Waals surface area contributed by atoms with Crippen molar-refractivity contribution in [1.82, 2.24) is 9.55 Å². The molecule has 4 heterocycles. The second-order valence-electron chi connectivity index (χ2n) is 8.77. The van der Waals surface area contributed by atoms with E-state index >= 15 is 0 Å². The quantitative estimate of drug-likeness (QED) is 0.199. The molecule has 0 atom stereocenters. The zero-order valence-corrected chi connectivity index (χ0v) is 20.7. The van der Waals surface area contributed by atoms with Crippen molar-refractivity contribution in [1.29, 1.82) is 0 Å². The number of aryl methyl sites for hydroxylation is 2. The molecule has 3 nitrogen and oxygen atoms in total. The van der Waals surface area contributed by atoms with E-state index in [2.05, 4.69) is 108 Å². The number of rotatable bonds is 2. The van der Waals surface area contributed by atoms with Crippen molar-refractivity contribution < 1.29 is 4.57 Å². The topological polar surface area (TPSA) is 21.7 Å². The van der Waals surface area contributed by atoms with Crippen molar-refractivity contribution in [2.75, 3.05) is 0 Å². The Kier molecular flexibility index (Phi) is 4.29. The van der Waals surface area contributed by atoms with Crippen molar-refractivity contribution in [2.24, 2.45) is 7.05 Å². The van der Waals surface area contributed by atoms with Crippen LogP contribution in [-0.4, -0.2) is 24.1 Å². The summed E-state index contributed by atoms with van der Waals surface area (Å²) in [5.41, 5.74) is 7.27. The van der Waals surface area contributed by atoms with Gasteiger partial charge in [0.15, 0.2) is 0 Å². The van der Waals surface area contributed by atoms with E-state index in [0.717, 1.165) is 5.65 Å². The molecule has 0 spiro atoms. The molecule has 4 heteroatoms. The van der Waals surface area contributed by atoms with Crippen LogP contribution in [0.25, 0.3) is 58.3 Å². The number of hydrogen-bond donors (Lipinski definition) is 0. The third-order valence-electron chi connectivity index (χ3n) is 6.93. The summed E-state index contributed by atoms with van der Waals surface area (Å²) < 4.78 is 7.64. The third-order valence-corrected chi connectivity index (χ3v) is 9.64. The number of pyridine rings is 2. The molecule has 0 aliphatic carbocycles. The van der Waals surface area contributed by atoms with E-state index in [1.54, 1.807) is 0 Å². The first-order chi connectivity index (χ1) is 16.7. The van der Waals surface area contributed by atoms with Crippen molar-refractivity contribution in [3.05, 3.63) is 103 Å². The average molecular weight is 503 g/mol. The maximum atomic E-state index is 4.85. The molecule has 0 bridgehead atoms. The minimum atomic E-state index is 0.275. The Hall–Kier alpha value is -3.72. The summed E-state index contributed by atoms with van der Waals surface area (Å²) in [4.78, 5) is 4.85. The van der Waals surface area contributed by atoms with Gasteiger partial charge in [-0.3, -0.25) is 0 Å². The standard InChI is InChI=1S/C30H22N3Se/c1-19-20-10-5-8-16-28(20)34-29(19)27-18-26(23-12-4-6-14-24(23)32(27)2)33-25-15-7-3-11-21(25)22-13-9-17-31-30(22)33/h3-18H,1-2H3/q+1. The molecule has 0 unspecified atom stereocenters. The zero-order valence-electron chi connectivity index (χ0n) is 19.0. The molecule has 34 heavy (non-hydrogen) atoms. The van der Waals surface area contributed by atoms with Crippen molar-refractivity contribution in [2.45, 2.75) is 6.92 Å². The third kappa shape index (κ3) is 2.70. The molecule has 4 aromatic heterocycles. The number of fused-ring (bicyclic) bond motifs is 5. The summed E-state index contributed by atoms with van der Waals surface area (Å²) in [5, 5.41) is 5.04. The number of nitrogens with zero attached hydrogens (tertiary/aromatic N) is 3. The van der Waals surface area contributed by atoms with E-state index in [1.165, 1.54) is 58.2 Å². The fraction of sp³-hybridized carbons (Fsp3) is 0.0667. The Morgan fingerprint density at radius 3 is 2.32 bits per heavy atom. The van der Waals surface area contributed by atoms with Crippen LogP contribution in [0, 0.1) is 6.92 Å². The van der Waals surface area contributed by atoms with E-state index in [1.807, 2.05) is 12.3 Å². The summed E-state index contributed by atoms with van der Waals surface area (Å²) in [6, 6.07) is 32.8. The van der Waals surface area contributed by atoms with Crippen LogP contribution in [0.5, 0.6) is 0 Å². The summed E-state index contributed by atoms with van der Waals surface area (Å²) in [5.74, 6) is 0. The molecule has 0 fully saturated rings. The second-order valence-corrected chi connectivity index (χ2v) is 11.0. The summed E-state index contributed by atoms with van der Waals surface area (Å²) in [6.07, 6.45) is 1.90. The predicted molar refractivity (Wildman–Crippen MR) is 142 cm³/mol. The first-order valence-corrected chi connectivity index (χ1v) is 13.2. The molecule has 0 N–H and O–H groups in total. The van der Waals surface area contributed by atoms with Gasteiger partial charge in [0.1, 0.15) is 0 Å². The molecule has 0 saturated carbocycles. The number of hydrogen-bond acceptors (Lipinski definition) is 1. The molecule has 0 aliphatic rings. The molecule has 7 rings (SSSR count). The maximum absolute atomic E-state index is 4.85. The van der Waals surface area contributed by atoms with Crippen LogP contribution in [0.4, 0.5) is 0 Å². The fourth-order valence-electron chi connectivity index (χ4n) is 5.28. The Morgan fingerprint density at radius 2 is 1.47 bits per heavy atom. The SMILES string of the molecule is Cc1c(-c2cc(-n3c4ccccc4c4cccnc43)c3ccccc3[n+]2C)[se]c2ccccc12. The van der Waals surface area contributed by atoms with Gasteiger partial charge in [-0.25, -0.2) is 0 Å². The normalized spacial score (nSPS) is 11.8. The van der Waals surface area contributed by atoms with Gasteiger partial charge in [0.25, 0.3) is 0 Å². The second kappa shape index (κ2) is 7.39.